The van der Waals surface area contributed by atoms with Crippen LogP contribution in [0.1, 0.15) is 11.1 Å². The minimum Gasteiger partial charge on any atom is -0.351 e. The van der Waals surface area contributed by atoms with Gasteiger partial charge in [-0.25, -0.2) is 0 Å². The van der Waals surface area contributed by atoms with Crippen molar-refractivity contribution in [1.82, 2.24) is 25.1 Å². The molecule has 0 fully saturated rings. The van der Waals surface area contributed by atoms with Gasteiger partial charge in [0.1, 0.15) is 6.20 Å². The van der Waals surface area contributed by atoms with E-state index in [2.05, 4.69) is 20.6 Å². The van der Waals surface area contributed by atoms with E-state index >= 15 is 0 Å². The molecule has 3 rings (SSSR count). The van der Waals surface area contributed by atoms with E-state index in [0.717, 1.165) is 11.8 Å². The maximum atomic E-state index is 11.9. The molecule has 1 amide bonds. The zero-order valence-corrected chi connectivity index (χ0v) is 13.9. The Morgan fingerprint density at radius 1 is 1.35 bits per heavy atom. The highest BCUT2D eigenvalue weighted by atomic mass is 32.2. The second-order valence-electron chi connectivity index (χ2n) is 4.80. The van der Waals surface area contributed by atoms with Crippen molar-refractivity contribution < 1.29 is 4.79 Å². The van der Waals surface area contributed by atoms with Crippen molar-refractivity contribution in [3.05, 3.63) is 51.9 Å². The van der Waals surface area contributed by atoms with E-state index in [9.17, 15) is 9.59 Å². The van der Waals surface area contributed by atoms with Crippen LogP contribution >= 0.6 is 23.1 Å². The summed E-state index contributed by atoms with van der Waals surface area (Å²) in [6.07, 6.45) is 1.11. The number of thioether (sulfide) groups is 1. The first-order valence-corrected chi connectivity index (χ1v) is 8.58. The molecule has 23 heavy (non-hydrogen) atoms. The molecule has 1 N–H and O–H groups in total. The highest BCUT2D eigenvalue weighted by molar-refractivity contribution is 8.01. The summed E-state index contributed by atoms with van der Waals surface area (Å²) in [5, 5.41) is 14.4. The molecule has 2 aromatic heterocycles. The number of aryl methyl sites for hydroxylation is 1. The fraction of sp³-hybridized carbons (Fsp3) is 0.214. The lowest BCUT2D eigenvalue weighted by molar-refractivity contribution is -0.118. The number of carbonyl (C=O) groups excluding carboxylic acids is 1. The van der Waals surface area contributed by atoms with Crippen LogP contribution in [-0.4, -0.2) is 31.5 Å². The molecule has 0 unspecified atom stereocenters. The Balaban J connectivity index is 1.54. The summed E-state index contributed by atoms with van der Waals surface area (Å²) >= 11 is 2.50. The van der Waals surface area contributed by atoms with Crippen molar-refractivity contribution in [1.29, 1.82) is 0 Å². The lowest BCUT2D eigenvalue weighted by Crippen LogP contribution is -2.24. The average molecular weight is 347 g/mol. The molecule has 2 heterocycles. The molecular formula is C14H13N5O2S2. The zero-order valence-electron chi connectivity index (χ0n) is 12.2. The van der Waals surface area contributed by atoms with Crippen molar-refractivity contribution >= 4 is 34.0 Å². The van der Waals surface area contributed by atoms with Crippen LogP contribution in [0.25, 0.3) is 4.96 Å². The summed E-state index contributed by atoms with van der Waals surface area (Å²) < 4.78 is 1.79. The van der Waals surface area contributed by atoms with Crippen molar-refractivity contribution in [3.8, 4) is 0 Å². The highest BCUT2D eigenvalue weighted by Crippen LogP contribution is 2.22. The molecule has 3 aromatic rings. The molecule has 0 aliphatic carbocycles. The number of benzene rings is 1. The summed E-state index contributed by atoms with van der Waals surface area (Å²) in [4.78, 5) is 23.8. The number of rotatable bonds is 5. The minimum atomic E-state index is -0.332. The van der Waals surface area contributed by atoms with Gasteiger partial charge in [-0.05, 0) is 12.5 Å². The fourth-order valence-electron chi connectivity index (χ4n) is 1.80. The van der Waals surface area contributed by atoms with E-state index in [1.165, 1.54) is 33.2 Å². The highest BCUT2D eigenvalue weighted by Gasteiger charge is 2.09. The number of carbonyl (C=O) groups is 1. The molecule has 9 heteroatoms. The summed E-state index contributed by atoms with van der Waals surface area (Å²) in [5.41, 5.74) is 1.91. The topological polar surface area (TPSA) is 89.3 Å². The van der Waals surface area contributed by atoms with Crippen LogP contribution in [-0.2, 0) is 11.3 Å². The molecule has 0 aliphatic rings. The number of fused-ring (bicyclic) bond motifs is 1. The molecule has 0 saturated carbocycles. The molecule has 0 aliphatic heterocycles. The van der Waals surface area contributed by atoms with Crippen LogP contribution in [0.3, 0.4) is 0 Å². The Kier molecular flexibility index (Phi) is 4.68. The molecule has 118 valence electrons. The minimum absolute atomic E-state index is 0.0896. The van der Waals surface area contributed by atoms with Gasteiger partial charge >= 0.3 is 0 Å². The standard InChI is InChI=1S/C14H13N5O2S2/c1-9-2-4-10(5-3-9)6-15-11(20)8-22-14-18-19-12(21)7-16-17-13(19)23-14/h2-5,7H,6,8H2,1H3,(H,15,20). The third-order valence-electron chi connectivity index (χ3n) is 3.00. The van der Waals surface area contributed by atoms with Gasteiger partial charge in [0, 0.05) is 6.54 Å². The fourth-order valence-corrected chi connectivity index (χ4v) is 3.51. The predicted octanol–water partition coefficient (Wildman–Crippen LogP) is 1.26. The third-order valence-corrected chi connectivity index (χ3v) is 5.03. The smallest absolute Gasteiger partial charge is 0.293 e. The summed E-state index contributed by atoms with van der Waals surface area (Å²) in [5.74, 6) is 0.140. The Hall–Kier alpha value is -2.26. The van der Waals surface area contributed by atoms with Crippen LogP contribution in [0.4, 0.5) is 0 Å². The van der Waals surface area contributed by atoms with Gasteiger partial charge in [-0.15, -0.1) is 10.2 Å². The first-order chi connectivity index (χ1) is 11.1. The molecule has 1 aromatic carbocycles. The van der Waals surface area contributed by atoms with Gasteiger partial charge in [0.25, 0.3) is 5.56 Å². The SMILES string of the molecule is Cc1ccc(CNC(=O)CSc2nn3c(=O)cnnc3s2)cc1. The van der Waals surface area contributed by atoms with Gasteiger partial charge in [-0.2, -0.15) is 9.61 Å². The van der Waals surface area contributed by atoms with Crippen LogP contribution in [0.2, 0.25) is 0 Å². The zero-order chi connectivity index (χ0) is 16.2. The quantitative estimate of drug-likeness (QED) is 0.699. The van der Waals surface area contributed by atoms with Crippen molar-refractivity contribution in [2.24, 2.45) is 0 Å². The Bertz CT molecular complexity index is 888. The van der Waals surface area contributed by atoms with E-state index in [1.807, 2.05) is 31.2 Å². The maximum absolute atomic E-state index is 11.9. The lowest BCUT2D eigenvalue weighted by Gasteiger charge is -2.04. The van der Waals surface area contributed by atoms with Gasteiger partial charge in [0.15, 0.2) is 4.34 Å². The molecular weight excluding hydrogens is 334 g/mol. The number of aromatic nitrogens is 4. The molecule has 0 atom stereocenters. The Morgan fingerprint density at radius 2 is 2.13 bits per heavy atom. The van der Waals surface area contributed by atoms with Gasteiger partial charge in [0.05, 0.1) is 5.75 Å². The maximum Gasteiger partial charge on any atom is 0.293 e. The number of nitrogens with zero attached hydrogens (tertiary/aromatic N) is 4. The summed E-state index contributed by atoms with van der Waals surface area (Å²) in [6, 6.07) is 8.00. The Labute approximate surface area is 139 Å². The molecule has 7 nitrogen and oxygen atoms in total. The van der Waals surface area contributed by atoms with E-state index in [0.29, 0.717) is 15.8 Å². The Morgan fingerprint density at radius 3 is 2.87 bits per heavy atom. The largest absolute Gasteiger partial charge is 0.351 e. The van der Waals surface area contributed by atoms with Crippen molar-refractivity contribution in [2.75, 3.05) is 5.75 Å². The average Bonchev–Trinajstić information content (AvgIpc) is 2.97. The number of amides is 1. The van der Waals surface area contributed by atoms with Gasteiger partial charge < -0.3 is 5.32 Å². The molecule has 0 radical (unpaired) electrons. The first-order valence-electron chi connectivity index (χ1n) is 6.78. The normalized spacial score (nSPS) is 10.8. The van der Waals surface area contributed by atoms with E-state index in [4.69, 9.17) is 0 Å². The van der Waals surface area contributed by atoms with Crippen LogP contribution in [0.15, 0.2) is 39.6 Å². The summed E-state index contributed by atoms with van der Waals surface area (Å²) in [7, 11) is 0. The third kappa shape index (κ3) is 3.93. The van der Waals surface area contributed by atoms with E-state index in [1.54, 1.807) is 0 Å². The summed E-state index contributed by atoms with van der Waals surface area (Å²) in [6.45, 7) is 2.51. The number of nitrogens with one attached hydrogen (secondary N) is 1. The van der Waals surface area contributed by atoms with Crippen molar-refractivity contribution in [3.63, 3.8) is 0 Å². The first kappa shape index (κ1) is 15.6. The monoisotopic (exact) mass is 347 g/mol. The van der Waals surface area contributed by atoms with Gasteiger partial charge in [-0.3, -0.25) is 9.59 Å². The predicted molar refractivity (Wildman–Crippen MR) is 88.7 cm³/mol. The van der Waals surface area contributed by atoms with E-state index in [-0.39, 0.29) is 17.2 Å². The van der Waals surface area contributed by atoms with Crippen LogP contribution in [0.5, 0.6) is 0 Å². The molecule has 0 spiro atoms. The lowest BCUT2D eigenvalue weighted by atomic mass is 10.1. The second kappa shape index (κ2) is 6.88. The number of hydrogen-bond acceptors (Lipinski definition) is 7. The van der Waals surface area contributed by atoms with Gasteiger partial charge in [0.2, 0.25) is 10.9 Å². The van der Waals surface area contributed by atoms with E-state index < -0.39 is 0 Å². The van der Waals surface area contributed by atoms with Crippen LogP contribution < -0.4 is 10.9 Å². The second-order valence-corrected chi connectivity index (χ2v) is 6.97. The molecule has 0 bridgehead atoms. The van der Waals surface area contributed by atoms with Crippen molar-refractivity contribution in [2.45, 2.75) is 17.8 Å². The molecule has 0 saturated heterocycles. The number of hydrogen-bond donors (Lipinski definition) is 1. The van der Waals surface area contributed by atoms with Crippen LogP contribution in [0, 0.1) is 6.92 Å². The van der Waals surface area contributed by atoms with Gasteiger partial charge in [-0.1, -0.05) is 52.9 Å².